The van der Waals surface area contributed by atoms with Crippen LogP contribution in [0.1, 0.15) is 174 Å². The zero-order valence-electron chi connectivity index (χ0n) is 32.8. The first-order valence-corrected chi connectivity index (χ1v) is 22.1. The summed E-state index contributed by atoms with van der Waals surface area (Å²) in [5.41, 5.74) is 5.36. The smallest absolute Gasteiger partial charge is 0.457 e. The van der Waals surface area contributed by atoms with E-state index in [0.717, 1.165) is 51.4 Å². The van der Waals surface area contributed by atoms with Crippen molar-refractivity contribution in [3.63, 3.8) is 0 Å². The van der Waals surface area contributed by atoms with E-state index in [9.17, 15) is 14.3 Å². The molecule has 0 rings (SSSR count). The van der Waals surface area contributed by atoms with Crippen LogP contribution in [0, 0.1) is 0 Å². The third-order valence-corrected chi connectivity index (χ3v) is 9.49. The van der Waals surface area contributed by atoms with Crippen LogP contribution < -0.4 is 5.73 Å². The van der Waals surface area contributed by atoms with Crippen molar-refractivity contribution in [3.05, 3.63) is 48.6 Å². The monoisotopic (exact) mass is 740 g/mol. The lowest BCUT2D eigenvalue weighted by atomic mass is 10.0. The Morgan fingerprint density at radius 3 is 1.61 bits per heavy atom. The molecule has 0 aromatic carbocycles. The minimum absolute atomic E-state index is 0.0930. The van der Waals surface area contributed by atoms with Gasteiger partial charge in [0.15, 0.2) is 0 Å². The number of esters is 1. The normalized spacial score (nSPS) is 14.0. The SMILES string of the molecule is CC/C=C\C/C=C\C/C=C\C/C=C\CCCCC(=O)OC(COCCCCCCCCCCCCCCCCCCC)COP(=O)(O)OCCN. The molecule has 0 bridgehead atoms. The Kier molecular flexibility index (Phi) is 38.5. The molecule has 0 saturated heterocycles. The van der Waals surface area contributed by atoms with Crippen LogP contribution in [-0.2, 0) is 27.9 Å². The van der Waals surface area contributed by atoms with E-state index in [1.54, 1.807) is 0 Å². The minimum atomic E-state index is -4.28. The van der Waals surface area contributed by atoms with E-state index in [1.807, 2.05) is 0 Å². The van der Waals surface area contributed by atoms with Crippen LogP contribution in [0.2, 0.25) is 0 Å². The fourth-order valence-corrected chi connectivity index (χ4v) is 6.28. The fraction of sp³-hybridized carbons (Fsp3) is 0.786. The van der Waals surface area contributed by atoms with Gasteiger partial charge in [-0.1, -0.05) is 165 Å². The second-order valence-corrected chi connectivity index (χ2v) is 14.9. The molecule has 0 radical (unpaired) electrons. The highest BCUT2D eigenvalue weighted by Gasteiger charge is 2.25. The van der Waals surface area contributed by atoms with Crippen LogP contribution >= 0.6 is 7.82 Å². The third-order valence-electron chi connectivity index (χ3n) is 8.51. The maximum Gasteiger partial charge on any atom is 0.472 e. The van der Waals surface area contributed by atoms with Crippen LogP contribution in [0.4, 0.5) is 0 Å². The maximum atomic E-state index is 12.5. The minimum Gasteiger partial charge on any atom is -0.457 e. The Labute approximate surface area is 313 Å². The van der Waals surface area contributed by atoms with E-state index in [2.05, 4.69) is 62.5 Å². The van der Waals surface area contributed by atoms with E-state index >= 15 is 0 Å². The number of nitrogens with two attached hydrogens (primary N) is 1. The summed E-state index contributed by atoms with van der Waals surface area (Å²) in [6, 6.07) is 0. The lowest BCUT2D eigenvalue weighted by Crippen LogP contribution is -2.28. The fourth-order valence-electron chi connectivity index (χ4n) is 5.52. The molecule has 0 aliphatic rings. The van der Waals surface area contributed by atoms with Crippen LogP contribution in [0.5, 0.6) is 0 Å². The average Bonchev–Trinajstić information content (AvgIpc) is 3.12. The van der Waals surface area contributed by atoms with Crippen LogP contribution in [-0.4, -0.2) is 49.9 Å². The van der Waals surface area contributed by atoms with Crippen molar-refractivity contribution < 1.29 is 32.8 Å². The molecule has 0 aliphatic carbocycles. The van der Waals surface area contributed by atoms with Gasteiger partial charge < -0.3 is 20.1 Å². The van der Waals surface area contributed by atoms with Gasteiger partial charge in [0, 0.05) is 19.6 Å². The lowest BCUT2D eigenvalue weighted by Gasteiger charge is -2.20. The first-order chi connectivity index (χ1) is 24.9. The number of hydrogen-bond acceptors (Lipinski definition) is 7. The summed E-state index contributed by atoms with van der Waals surface area (Å²) >= 11 is 0. The highest BCUT2D eigenvalue weighted by molar-refractivity contribution is 7.47. The van der Waals surface area contributed by atoms with Crippen molar-refractivity contribution in [2.75, 3.05) is 33.0 Å². The number of phosphoric acid groups is 1. The molecule has 2 unspecified atom stereocenters. The molecule has 0 amide bonds. The number of rotatable bonds is 39. The largest absolute Gasteiger partial charge is 0.472 e. The zero-order chi connectivity index (χ0) is 37.4. The van der Waals surface area contributed by atoms with E-state index in [-0.39, 0.29) is 38.8 Å². The molecule has 9 heteroatoms. The predicted molar refractivity (Wildman–Crippen MR) is 215 cm³/mol. The van der Waals surface area contributed by atoms with Crippen molar-refractivity contribution in [1.29, 1.82) is 0 Å². The molecule has 298 valence electrons. The molecule has 0 spiro atoms. The first-order valence-electron chi connectivity index (χ1n) is 20.6. The van der Waals surface area contributed by atoms with E-state index in [0.29, 0.717) is 13.0 Å². The Morgan fingerprint density at radius 2 is 1.10 bits per heavy atom. The molecule has 0 saturated carbocycles. The van der Waals surface area contributed by atoms with Gasteiger partial charge in [0.25, 0.3) is 0 Å². The second kappa shape index (κ2) is 39.7. The van der Waals surface area contributed by atoms with Crippen LogP contribution in [0.25, 0.3) is 0 Å². The molecule has 2 atom stereocenters. The molecule has 0 fully saturated rings. The van der Waals surface area contributed by atoms with Crippen LogP contribution in [0.3, 0.4) is 0 Å². The number of carbonyl (C=O) groups is 1. The third kappa shape index (κ3) is 39.5. The van der Waals surface area contributed by atoms with Crippen molar-refractivity contribution in [2.45, 2.75) is 180 Å². The topological polar surface area (TPSA) is 117 Å². The number of ether oxygens (including phenoxy) is 2. The lowest BCUT2D eigenvalue weighted by molar-refractivity contribution is -0.154. The molecule has 0 aliphatic heterocycles. The number of hydrogen-bond donors (Lipinski definition) is 2. The van der Waals surface area contributed by atoms with Crippen molar-refractivity contribution in [1.82, 2.24) is 0 Å². The molecule has 51 heavy (non-hydrogen) atoms. The number of phosphoric ester groups is 1. The molecule has 0 aromatic heterocycles. The molecule has 0 heterocycles. The average molecular weight is 740 g/mol. The first kappa shape index (κ1) is 49.5. The van der Waals surface area contributed by atoms with Crippen molar-refractivity contribution in [3.8, 4) is 0 Å². The van der Waals surface area contributed by atoms with Crippen molar-refractivity contribution >= 4 is 13.8 Å². The summed E-state index contributed by atoms with van der Waals surface area (Å²) in [4.78, 5) is 22.4. The Hall–Kier alpha value is -1.54. The van der Waals surface area contributed by atoms with Gasteiger partial charge in [-0.15, -0.1) is 0 Å². The Bertz CT molecular complexity index is 921. The highest BCUT2D eigenvalue weighted by Crippen LogP contribution is 2.43. The summed E-state index contributed by atoms with van der Waals surface area (Å²) in [6.45, 7) is 4.76. The highest BCUT2D eigenvalue weighted by atomic mass is 31.2. The van der Waals surface area contributed by atoms with Gasteiger partial charge in [-0.2, -0.15) is 0 Å². The Morgan fingerprint density at radius 1 is 0.608 bits per heavy atom. The molecular formula is C42H78NO7P. The van der Waals surface area contributed by atoms with Gasteiger partial charge in [-0.05, 0) is 51.4 Å². The molecule has 0 aromatic rings. The molecule has 3 N–H and O–H groups in total. The predicted octanol–water partition coefficient (Wildman–Crippen LogP) is 12.0. The van der Waals surface area contributed by atoms with Gasteiger partial charge in [0.2, 0.25) is 0 Å². The zero-order valence-corrected chi connectivity index (χ0v) is 33.7. The Balaban J connectivity index is 4.10. The summed E-state index contributed by atoms with van der Waals surface area (Å²) in [7, 11) is -4.28. The summed E-state index contributed by atoms with van der Waals surface area (Å²) in [5.74, 6) is -0.370. The quantitative estimate of drug-likeness (QED) is 0.0277. The maximum absolute atomic E-state index is 12.5. The van der Waals surface area contributed by atoms with Gasteiger partial charge >= 0.3 is 13.8 Å². The summed E-state index contributed by atoms with van der Waals surface area (Å²) < 4.78 is 33.3. The van der Waals surface area contributed by atoms with Crippen molar-refractivity contribution in [2.24, 2.45) is 5.73 Å². The molecule has 8 nitrogen and oxygen atoms in total. The number of allylic oxidation sites excluding steroid dienone is 8. The number of carbonyl (C=O) groups excluding carboxylic acids is 1. The van der Waals surface area contributed by atoms with E-state index in [1.165, 1.54) is 96.3 Å². The van der Waals surface area contributed by atoms with E-state index < -0.39 is 13.9 Å². The number of unbranched alkanes of at least 4 members (excludes halogenated alkanes) is 18. The van der Waals surface area contributed by atoms with Gasteiger partial charge in [-0.25, -0.2) is 4.57 Å². The van der Waals surface area contributed by atoms with Gasteiger partial charge in [0.1, 0.15) is 6.10 Å². The van der Waals surface area contributed by atoms with Gasteiger partial charge in [-0.3, -0.25) is 13.8 Å². The summed E-state index contributed by atoms with van der Waals surface area (Å²) in [5, 5.41) is 0. The molecular weight excluding hydrogens is 661 g/mol. The van der Waals surface area contributed by atoms with Gasteiger partial charge in [0.05, 0.1) is 19.8 Å². The summed E-state index contributed by atoms with van der Waals surface area (Å²) in [6.07, 6.45) is 45.6. The van der Waals surface area contributed by atoms with E-state index in [4.69, 9.17) is 24.3 Å². The van der Waals surface area contributed by atoms with Crippen LogP contribution in [0.15, 0.2) is 48.6 Å². The second-order valence-electron chi connectivity index (χ2n) is 13.5. The standard InChI is InChI=1S/C42H78NO7P/c1-3-5-7-9-11-13-15-17-19-20-22-24-26-28-30-32-34-37-47-39-41(40-49-51(45,46)48-38-36-43)50-42(44)35-33-31-29-27-25-23-21-18-16-14-12-10-8-6-4-2/h6,8,12,14,18,21,25,27,41H,3-5,7,9-11,13,15-17,19-20,22-24,26,28-40,43H2,1-2H3,(H,45,46)/b8-6-,14-12-,21-18-,27-25-.